The van der Waals surface area contributed by atoms with Gasteiger partial charge in [-0.25, -0.2) is 14.8 Å². The fraction of sp³-hybridized carbons (Fsp3) is 0.286. The van der Waals surface area contributed by atoms with E-state index in [9.17, 15) is 4.79 Å². The average Bonchev–Trinajstić information content (AvgIpc) is 2.71. The average molecular weight is 377 g/mol. The Kier molecular flexibility index (Phi) is 5.08. The first-order valence-corrected chi connectivity index (χ1v) is 9.35. The van der Waals surface area contributed by atoms with Gasteiger partial charge >= 0.3 is 6.03 Å². The van der Waals surface area contributed by atoms with Gasteiger partial charge in [0, 0.05) is 18.8 Å². The van der Waals surface area contributed by atoms with Crippen LogP contribution in [0.2, 0.25) is 0 Å². The van der Waals surface area contributed by atoms with Gasteiger partial charge in [0.1, 0.15) is 0 Å². The summed E-state index contributed by atoms with van der Waals surface area (Å²) >= 11 is 0. The number of nitrogens with one attached hydrogen (secondary N) is 2. The Morgan fingerprint density at radius 2 is 1.64 bits per heavy atom. The summed E-state index contributed by atoms with van der Waals surface area (Å²) in [4.78, 5) is 23.8. The number of fused-ring (bicyclic) bond motifs is 1. The molecule has 0 bridgehead atoms. The van der Waals surface area contributed by atoms with Crippen LogP contribution in [-0.2, 0) is 4.74 Å². The summed E-state index contributed by atoms with van der Waals surface area (Å²) in [6, 6.07) is 13.5. The maximum absolute atomic E-state index is 12.5. The van der Waals surface area contributed by atoms with E-state index in [0.717, 1.165) is 40.9 Å². The number of carbonyl (C=O) groups excluding carboxylic acids is 1. The van der Waals surface area contributed by atoms with E-state index in [0.29, 0.717) is 24.8 Å². The SMILES string of the molecule is Cc1nc(N2CCOCC2)nc(C)c1NC(=O)Nc1ccc2ccccc2c1. The van der Waals surface area contributed by atoms with Crippen LogP contribution < -0.4 is 15.5 Å². The molecule has 0 unspecified atom stereocenters. The number of carbonyl (C=O) groups is 1. The third kappa shape index (κ3) is 3.89. The molecule has 144 valence electrons. The molecule has 3 aromatic rings. The van der Waals surface area contributed by atoms with Gasteiger partial charge in [-0.2, -0.15) is 0 Å². The van der Waals surface area contributed by atoms with Crippen molar-refractivity contribution in [2.75, 3.05) is 41.8 Å². The van der Waals surface area contributed by atoms with Crippen LogP contribution in [0.3, 0.4) is 0 Å². The van der Waals surface area contributed by atoms with Gasteiger partial charge in [0.25, 0.3) is 0 Å². The molecule has 4 rings (SSSR count). The number of hydrogen-bond acceptors (Lipinski definition) is 5. The Morgan fingerprint density at radius 1 is 0.964 bits per heavy atom. The molecule has 1 aromatic heterocycles. The van der Waals surface area contributed by atoms with E-state index in [1.807, 2.05) is 56.3 Å². The molecule has 2 heterocycles. The summed E-state index contributed by atoms with van der Waals surface area (Å²) in [5, 5.41) is 7.98. The van der Waals surface area contributed by atoms with Crippen LogP contribution in [0.25, 0.3) is 10.8 Å². The third-order valence-electron chi connectivity index (χ3n) is 4.80. The lowest BCUT2D eigenvalue weighted by molar-refractivity contribution is 0.122. The Morgan fingerprint density at radius 3 is 2.36 bits per heavy atom. The van der Waals surface area contributed by atoms with Gasteiger partial charge in [0.05, 0.1) is 30.3 Å². The summed E-state index contributed by atoms with van der Waals surface area (Å²) in [6.07, 6.45) is 0. The maximum Gasteiger partial charge on any atom is 0.323 e. The molecule has 1 aliphatic heterocycles. The van der Waals surface area contributed by atoms with Crippen LogP contribution in [0.5, 0.6) is 0 Å². The van der Waals surface area contributed by atoms with E-state index in [2.05, 4.69) is 25.5 Å². The Bertz CT molecular complexity index is 992. The molecule has 1 saturated heterocycles. The quantitative estimate of drug-likeness (QED) is 0.727. The number of benzene rings is 2. The predicted molar refractivity (Wildman–Crippen MR) is 111 cm³/mol. The Labute approximate surface area is 163 Å². The van der Waals surface area contributed by atoms with Crippen molar-refractivity contribution in [1.82, 2.24) is 9.97 Å². The number of hydrogen-bond donors (Lipinski definition) is 2. The minimum atomic E-state index is -0.316. The highest BCUT2D eigenvalue weighted by atomic mass is 16.5. The van der Waals surface area contributed by atoms with Crippen molar-refractivity contribution in [3.63, 3.8) is 0 Å². The highest BCUT2D eigenvalue weighted by Crippen LogP contribution is 2.22. The monoisotopic (exact) mass is 377 g/mol. The lowest BCUT2D eigenvalue weighted by Gasteiger charge is -2.27. The summed E-state index contributed by atoms with van der Waals surface area (Å²) in [6.45, 7) is 6.65. The number of aromatic nitrogens is 2. The minimum Gasteiger partial charge on any atom is -0.378 e. The molecular weight excluding hydrogens is 354 g/mol. The first-order chi connectivity index (χ1) is 13.6. The molecule has 0 atom stereocenters. The fourth-order valence-corrected chi connectivity index (χ4v) is 3.33. The molecule has 2 amide bonds. The second-order valence-electron chi connectivity index (χ2n) is 6.81. The number of anilines is 3. The first kappa shape index (κ1) is 18.2. The highest BCUT2D eigenvalue weighted by Gasteiger charge is 2.17. The molecule has 1 fully saturated rings. The fourth-order valence-electron chi connectivity index (χ4n) is 3.33. The molecule has 7 nitrogen and oxygen atoms in total. The molecule has 0 aliphatic carbocycles. The molecule has 1 aliphatic rings. The number of rotatable bonds is 3. The normalized spacial score (nSPS) is 14.1. The number of amides is 2. The number of aryl methyl sites for hydroxylation is 2. The molecule has 2 aromatic carbocycles. The lowest BCUT2D eigenvalue weighted by atomic mass is 10.1. The molecule has 7 heteroatoms. The molecule has 2 N–H and O–H groups in total. The Hall–Kier alpha value is -3.19. The highest BCUT2D eigenvalue weighted by molar-refractivity contribution is 6.01. The maximum atomic E-state index is 12.5. The van der Waals surface area contributed by atoms with Gasteiger partial charge in [-0.15, -0.1) is 0 Å². The van der Waals surface area contributed by atoms with E-state index in [-0.39, 0.29) is 6.03 Å². The van der Waals surface area contributed by atoms with Crippen molar-refractivity contribution in [2.24, 2.45) is 0 Å². The van der Waals surface area contributed by atoms with Crippen LogP contribution in [-0.4, -0.2) is 42.3 Å². The van der Waals surface area contributed by atoms with E-state index in [1.54, 1.807) is 0 Å². The first-order valence-electron chi connectivity index (χ1n) is 9.35. The van der Waals surface area contributed by atoms with Crippen LogP contribution >= 0.6 is 0 Å². The zero-order valence-electron chi connectivity index (χ0n) is 16.0. The van der Waals surface area contributed by atoms with Crippen LogP contribution in [0.15, 0.2) is 42.5 Å². The Balaban J connectivity index is 1.48. The van der Waals surface area contributed by atoms with Gasteiger partial charge in [-0.05, 0) is 36.8 Å². The number of morpholine rings is 1. The topological polar surface area (TPSA) is 79.4 Å². The van der Waals surface area contributed by atoms with Gasteiger partial charge in [0.15, 0.2) is 0 Å². The van der Waals surface area contributed by atoms with Crippen molar-refractivity contribution < 1.29 is 9.53 Å². The van der Waals surface area contributed by atoms with Gasteiger partial charge in [0.2, 0.25) is 5.95 Å². The largest absolute Gasteiger partial charge is 0.378 e. The second kappa shape index (κ2) is 7.82. The number of nitrogens with zero attached hydrogens (tertiary/aromatic N) is 3. The van der Waals surface area contributed by atoms with E-state index >= 15 is 0 Å². The summed E-state index contributed by atoms with van der Waals surface area (Å²) in [7, 11) is 0. The molecule has 0 spiro atoms. The number of urea groups is 1. The number of ether oxygens (including phenoxy) is 1. The second-order valence-corrected chi connectivity index (χ2v) is 6.81. The van der Waals surface area contributed by atoms with Crippen molar-refractivity contribution >= 4 is 34.1 Å². The van der Waals surface area contributed by atoms with E-state index < -0.39 is 0 Å². The molecule has 28 heavy (non-hydrogen) atoms. The minimum absolute atomic E-state index is 0.316. The van der Waals surface area contributed by atoms with Crippen molar-refractivity contribution in [2.45, 2.75) is 13.8 Å². The zero-order chi connectivity index (χ0) is 19.5. The van der Waals surface area contributed by atoms with Crippen molar-refractivity contribution in [3.8, 4) is 0 Å². The van der Waals surface area contributed by atoms with Crippen molar-refractivity contribution in [3.05, 3.63) is 53.9 Å². The third-order valence-corrected chi connectivity index (χ3v) is 4.80. The summed E-state index contributed by atoms with van der Waals surface area (Å²) in [5.41, 5.74) is 2.85. The molecule has 0 saturated carbocycles. The van der Waals surface area contributed by atoms with Gasteiger partial charge < -0.3 is 20.3 Å². The molecular formula is C21H23N5O2. The van der Waals surface area contributed by atoms with Gasteiger partial charge in [-0.1, -0.05) is 30.3 Å². The van der Waals surface area contributed by atoms with Crippen LogP contribution in [0.4, 0.5) is 22.1 Å². The predicted octanol–water partition coefficient (Wildman–Crippen LogP) is 3.73. The zero-order valence-corrected chi connectivity index (χ0v) is 16.0. The summed E-state index contributed by atoms with van der Waals surface area (Å²) < 4.78 is 5.38. The van der Waals surface area contributed by atoms with Crippen LogP contribution in [0, 0.1) is 13.8 Å². The van der Waals surface area contributed by atoms with E-state index in [4.69, 9.17) is 4.74 Å². The molecule has 0 radical (unpaired) electrons. The van der Waals surface area contributed by atoms with Crippen LogP contribution in [0.1, 0.15) is 11.4 Å². The smallest absolute Gasteiger partial charge is 0.323 e. The van der Waals surface area contributed by atoms with Crippen molar-refractivity contribution in [1.29, 1.82) is 0 Å². The lowest BCUT2D eigenvalue weighted by Crippen LogP contribution is -2.37. The van der Waals surface area contributed by atoms with Gasteiger partial charge in [-0.3, -0.25) is 0 Å². The summed E-state index contributed by atoms with van der Waals surface area (Å²) in [5.74, 6) is 0.679. The standard InChI is InChI=1S/C21H23N5O2/c1-14-19(15(2)23-20(22-14)26-9-11-28-12-10-26)25-21(27)24-18-8-7-16-5-3-4-6-17(16)13-18/h3-8,13H,9-12H2,1-2H3,(H2,24,25,27). The van der Waals surface area contributed by atoms with E-state index in [1.165, 1.54) is 0 Å².